The summed E-state index contributed by atoms with van der Waals surface area (Å²) in [6.07, 6.45) is 3.21. The third kappa shape index (κ3) is 5.61. The highest BCUT2D eigenvalue weighted by molar-refractivity contribution is 5.56. The molecule has 2 aromatic rings. The van der Waals surface area contributed by atoms with E-state index in [1.54, 1.807) is 25.4 Å². The van der Waals surface area contributed by atoms with Gasteiger partial charge in [-0.25, -0.2) is 14.3 Å². The lowest BCUT2D eigenvalue weighted by Gasteiger charge is -2.24. The number of nitrogens with zero attached hydrogens (tertiary/aromatic N) is 3. The standard InChI is InChI=1S/C19H26FN5O2/c1-15(27-26)13-22-17-2-3-19(18(20)12-17)24-9-8-23-25(11-10-24)14-16-4-6-21-7-5-16/h2-7,12,15,22-23,26H,8-11,13-14H2,1H3/t15-/m0/s1. The van der Waals surface area contributed by atoms with Gasteiger partial charge in [0.2, 0.25) is 0 Å². The first-order valence-electron chi connectivity index (χ1n) is 9.11. The van der Waals surface area contributed by atoms with Crippen molar-refractivity contribution in [1.82, 2.24) is 15.4 Å². The molecule has 1 fully saturated rings. The molecule has 27 heavy (non-hydrogen) atoms. The van der Waals surface area contributed by atoms with Crippen LogP contribution in [-0.2, 0) is 11.4 Å². The molecule has 2 heterocycles. The van der Waals surface area contributed by atoms with Crippen molar-refractivity contribution in [2.75, 3.05) is 42.9 Å². The number of hydrogen-bond acceptors (Lipinski definition) is 7. The smallest absolute Gasteiger partial charge is 0.148 e. The van der Waals surface area contributed by atoms with Gasteiger partial charge in [0.25, 0.3) is 0 Å². The number of nitrogens with one attached hydrogen (secondary N) is 2. The first kappa shape index (κ1) is 19.5. The summed E-state index contributed by atoms with van der Waals surface area (Å²) >= 11 is 0. The Hall–Kier alpha value is -2.26. The number of benzene rings is 1. The van der Waals surface area contributed by atoms with Crippen molar-refractivity contribution in [3.05, 3.63) is 54.1 Å². The van der Waals surface area contributed by atoms with Crippen LogP contribution >= 0.6 is 0 Å². The quantitative estimate of drug-likeness (QED) is 0.507. The Bertz CT molecular complexity index is 719. The van der Waals surface area contributed by atoms with Crippen molar-refractivity contribution >= 4 is 11.4 Å². The highest BCUT2D eigenvalue weighted by Gasteiger charge is 2.18. The highest BCUT2D eigenvalue weighted by atomic mass is 19.1. The van der Waals surface area contributed by atoms with E-state index < -0.39 is 0 Å². The molecule has 0 bridgehead atoms. The molecule has 146 valence electrons. The third-order valence-electron chi connectivity index (χ3n) is 4.54. The predicted octanol–water partition coefficient (Wildman–Crippen LogP) is 2.34. The molecule has 3 N–H and O–H groups in total. The number of aromatic nitrogens is 1. The van der Waals surface area contributed by atoms with E-state index in [4.69, 9.17) is 5.26 Å². The largest absolute Gasteiger partial charge is 0.382 e. The zero-order chi connectivity index (χ0) is 19.1. The number of hydrogen-bond donors (Lipinski definition) is 3. The van der Waals surface area contributed by atoms with E-state index in [0.29, 0.717) is 17.9 Å². The summed E-state index contributed by atoms with van der Waals surface area (Å²) in [5.74, 6) is -0.264. The summed E-state index contributed by atoms with van der Waals surface area (Å²) < 4.78 is 14.6. The number of hydrazine groups is 1. The summed E-state index contributed by atoms with van der Waals surface area (Å²) in [6, 6.07) is 9.11. The van der Waals surface area contributed by atoms with Gasteiger partial charge in [-0.3, -0.25) is 15.7 Å². The minimum absolute atomic E-state index is 0.264. The van der Waals surface area contributed by atoms with Gasteiger partial charge in [-0.05, 0) is 42.8 Å². The van der Waals surface area contributed by atoms with Crippen LogP contribution in [0.5, 0.6) is 0 Å². The van der Waals surface area contributed by atoms with Gasteiger partial charge in [-0.15, -0.1) is 0 Å². The monoisotopic (exact) mass is 375 g/mol. The van der Waals surface area contributed by atoms with Gasteiger partial charge < -0.3 is 10.2 Å². The van der Waals surface area contributed by atoms with Crippen LogP contribution in [0.3, 0.4) is 0 Å². The van der Waals surface area contributed by atoms with Crippen LogP contribution < -0.4 is 15.6 Å². The minimum atomic E-state index is -0.365. The second-order valence-electron chi connectivity index (χ2n) is 6.64. The van der Waals surface area contributed by atoms with E-state index in [9.17, 15) is 4.39 Å². The van der Waals surface area contributed by atoms with Gasteiger partial charge in [-0.2, -0.15) is 0 Å². The molecule has 1 aromatic carbocycles. The van der Waals surface area contributed by atoms with E-state index in [2.05, 4.69) is 30.5 Å². The lowest BCUT2D eigenvalue weighted by molar-refractivity contribution is -0.270. The SMILES string of the molecule is C[C@@H](CNc1ccc(N2CCNN(Cc3ccncc3)CC2)c(F)c1)OO. The van der Waals surface area contributed by atoms with Gasteiger partial charge >= 0.3 is 0 Å². The summed E-state index contributed by atoms with van der Waals surface area (Å²) in [5.41, 5.74) is 5.84. The molecule has 0 spiro atoms. The van der Waals surface area contributed by atoms with Crippen LogP contribution in [0.15, 0.2) is 42.7 Å². The average Bonchev–Trinajstić information content (AvgIpc) is 2.92. The molecule has 0 unspecified atom stereocenters. The maximum atomic E-state index is 14.6. The maximum absolute atomic E-state index is 14.6. The average molecular weight is 375 g/mol. The Morgan fingerprint density at radius 2 is 2.07 bits per heavy atom. The lowest BCUT2D eigenvalue weighted by Crippen LogP contribution is -2.38. The molecule has 7 nitrogen and oxygen atoms in total. The highest BCUT2D eigenvalue weighted by Crippen LogP contribution is 2.23. The predicted molar refractivity (Wildman–Crippen MR) is 103 cm³/mol. The van der Waals surface area contributed by atoms with E-state index in [1.165, 1.54) is 11.6 Å². The number of anilines is 2. The molecule has 0 aliphatic carbocycles. The van der Waals surface area contributed by atoms with E-state index in [-0.39, 0.29) is 11.9 Å². The van der Waals surface area contributed by atoms with Gasteiger partial charge in [0.1, 0.15) is 11.9 Å². The van der Waals surface area contributed by atoms with E-state index in [1.807, 2.05) is 18.2 Å². The molecular formula is C19H26FN5O2. The molecule has 3 rings (SSSR count). The fourth-order valence-electron chi connectivity index (χ4n) is 3.03. The molecule has 0 radical (unpaired) electrons. The Morgan fingerprint density at radius 3 is 2.81 bits per heavy atom. The van der Waals surface area contributed by atoms with Crippen LogP contribution in [-0.4, -0.2) is 54.1 Å². The molecule has 1 saturated heterocycles. The van der Waals surface area contributed by atoms with Gasteiger partial charge in [0.15, 0.2) is 0 Å². The lowest BCUT2D eigenvalue weighted by atomic mass is 10.2. The summed E-state index contributed by atoms with van der Waals surface area (Å²) in [7, 11) is 0. The van der Waals surface area contributed by atoms with Crippen LogP contribution in [0.4, 0.5) is 15.8 Å². The molecular weight excluding hydrogens is 349 g/mol. The molecule has 0 saturated carbocycles. The minimum Gasteiger partial charge on any atom is -0.382 e. The van der Waals surface area contributed by atoms with Crippen LogP contribution in [0, 0.1) is 5.82 Å². The zero-order valence-electron chi connectivity index (χ0n) is 15.4. The molecule has 1 aliphatic rings. The van der Waals surface area contributed by atoms with E-state index in [0.717, 1.165) is 32.7 Å². The van der Waals surface area contributed by atoms with Gasteiger partial charge in [-0.1, -0.05) is 0 Å². The summed E-state index contributed by atoms with van der Waals surface area (Å²) in [5, 5.41) is 13.8. The number of pyridine rings is 1. The number of rotatable bonds is 7. The Morgan fingerprint density at radius 1 is 1.26 bits per heavy atom. The maximum Gasteiger partial charge on any atom is 0.148 e. The van der Waals surface area contributed by atoms with Gasteiger partial charge in [0.05, 0.1) is 5.69 Å². The molecule has 8 heteroatoms. The van der Waals surface area contributed by atoms with Crippen LogP contribution in [0.2, 0.25) is 0 Å². The molecule has 1 aromatic heterocycles. The Kier molecular flexibility index (Phi) is 6.94. The van der Waals surface area contributed by atoms with Crippen molar-refractivity contribution in [2.24, 2.45) is 0 Å². The zero-order valence-corrected chi connectivity index (χ0v) is 15.4. The summed E-state index contributed by atoms with van der Waals surface area (Å²) in [4.78, 5) is 10.3. The van der Waals surface area contributed by atoms with Crippen molar-refractivity contribution in [2.45, 2.75) is 19.6 Å². The Balaban J connectivity index is 1.58. The first-order valence-corrected chi connectivity index (χ1v) is 9.11. The van der Waals surface area contributed by atoms with Crippen molar-refractivity contribution in [3.8, 4) is 0 Å². The van der Waals surface area contributed by atoms with E-state index >= 15 is 0 Å². The van der Waals surface area contributed by atoms with Crippen molar-refractivity contribution in [3.63, 3.8) is 0 Å². The molecule has 1 aliphatic heterocycles. The Labute approximate surface area is 158 Å². The topological polar surface area (TPSA) is 72.9 Å². The fourth-order valence-corrected chi connectivity index (χ4v) is 3.03. The number of halogens is 1. The second-order valence-corrected chi connectivity index (χ2v) is 6.64. The normalized spacial score (nSPS) is 16.8. The third-order valence-corrected chi connectivity index (χ3v) is 4.54. The first-order chi connectivity index (χ1) is 13.2. The van der Waals surface area contributed by atoms with Crippen molar-refractivity contribution < 1.29 is 14.5 Å². The fraction of sp³-hybridized carbons (Fsp3) is 0.421. The van der Waals surface area contributed by atoms with Crippen LogP contribution in [0.1, 0.15) is 12.5 Å². The summed E-state index contributed by atoms with van der Waals surface area (Å²) in [6.45, 7) is 5.89. The van der Waals surface area contributed by atoms with Gasteiger partial charge in [0, 0.05) is 57.3 Å². The second kappa shape index (κ2) is 9.61. The van der Waals surface area contributed by atoms with Crippen molar-refractivity contribution in [1.29, 1.82) is 0 Å². The molecule has 0 amide bonds. The molecule has 1 atom stereocenters. The van der Waals surface area contributed by atoms with Crippen LogP contribution in [0.25, 0.3) is 0 Å².